The topological polar surface area (TPSA) is 37.0 Å². The Balaban J connectivity index is 3.07. The van der Waals surface area contributed by atoms with Crippen molar-refractivity contribution in [1.29, 1.82) is 0 Å². The normalized spacial score (nSPS) is 11.2. The largest absolute Gasteiger partial charge is 0.355 e. The van der Waals surface area contributed by atoms with E-state index in [0.29, 0.717) is 0 Å². The van der Waals surface area contributed by atoms with Crippen LogP contribution in [0.2, 0.25) is 0 Å². The zero-order valence-corrected chi connectivity index (χ0v) is 13.4. The molecule has 0 aliphatic carbocycles. The van der Waals surface area contributed by atoms with Gasteiger partial charge in [0.15, 0.2) is 0 Å². The summed E-state index contributed by atoms with van der Waals surface area (Å²) >= 11 is 0. The van der Waals surface area contributed by atoms with Crippen molar-refractivity contribution in [1.82, 2.24) is 0 Å². The molecule has 0 spiro atoms. The van der Waals surface area contributed by atoms with Gasteiger partial charge in [-0.3, -0.25) is 0 Å². The van der Waals surface area contributed by atoms with Gasteiger partial charge in [-0.15, -0.1) is 0 Å². The number of unbranched alkanes of at least 4 members (excludes halogenated alkanes) is 11. The van der Waals surface area contributed by atoms with Gasteiger partial charge in [0.25, 0.3) is 0 Å². The third-order valence-electron chi connectivity index (χ3n) is 3.64. The minimum absolute atomic E-state index is 0.220. The molecule has 0 rings (SSSR count). The summed E-state index contributed by atoms with van der Waals surface area (Å²) in [5, 5.41) is 10.2. The molecule has 2 nitrogen and oxygen atoms in total. The molecule has 0 aromatic heterocycles. The van der Waals surface area contributed by atoms with Crippen molar-refractivity contribution < 1.29 is 9.90 Å². The Morgan fingerprint density at radius 2 is 1.15 bits per heavy atom. The van der Waals surface area contributed by atoms with Gasteiger partial charge in [0.05, 0.1) is 6.42 Å². The Kier molecular flexibility index (Phi) is 15.6. The SMILES string of the molecule is CCCCCCCC/C=C\CCCCCCCC([O])=O. The first-order chi connectivity index (χ1) is 9.77. The Morgan fingerprint density at radius 3 is 1.65 bits per heavy atom. The van der Waals surface area contributed by atoms with Crippen LogP contribution in [-0.2, 0) is 9.90 Å². The second-order valence-electron chi connectivity index (χ2n) is 5.71. The lowest BCUT2D eigenvalue weighted by molar-refractivity contribution is -0.143. The fourth-order valence-corrected chi connectivity index (χ4v) is 2.34. The molecular formula is C18H33O2. The van der Waals surface area contributed by atoms with Crippen molar-refractivity contribution >= 4 is 5.97 Å². The van der Waals surface area contributed by atoms with Gasteiger partial charge in [-0.25, -0.2) is 9.90 Å². The van der Waals surface area contributed by atoms with Crippen LogP contribution in [0.5, 0.6) is 0 Å². The van der Waals surface area contributed by atoms with E-state index >= 15 is 0 Å². The second-order valence-corrected chi connectivity index (χ2v) is 5.71. The van der Waals surface area contributed by atoms with Gasteiger partial charge in [0.1, 0.15) is 0 Å². The van der Waals surface area contributed by atoms with E-state index < -0.39 is 5.97 Å². The average molecular weight is 281 g/mol. The molecule has 0 fully saturated rings. The van der Waals surface area contributed by atoms with E-state index in [2.05, 4.69) is 19.1 Å². The fourth-order valence-electron chi connectivity index (χ4n) is 2.34. The standard InChI is InChI=1S/C18H33O2/c1-2-3-4-5-6-7-8-9-10-11-12-13-14-15-16-17-18(19)20/h9-10H,2-8,11-17H2,1H3/b10-9-. The number of carbonyl (C=O) groups excluding carboxylic acids is 1. The average Bonchev–Trinajstić information content (AvgIpc) is 2.43. The molecule has 0 amide bonds. The first kappa shape index (κ1) is 19.2. The zero-order chi connectivity index (χ0) is 14.9. The van der Waals surface area contributed by atoms with Crippen LogP contribution in [0.4, 0.5) is 0 Å². The highest BCUT2D eigenvalue weighted by Crippen LogP contribution is 2.09. The molecule has 0 aromatic rings. The molecule has 117 valence electrons. The summed E-state index contributed by atoms with van der Waals surface area (Å²) in [6, 6.07) is 0. The van der Waals surface area contributed by atoms with E-state index in [1.54, 1.807) is 0 Å². The lowest BCUT2D eigenvalue weighted by Crippen LogP contribution is -1.91. The molecule has 0 unspecified atom stereocenters. The van der Waals surface area contributed by atoms with Gasteiger partial charge >= 0.3 is 5.97 Å². The lowest BCUT2D eigenvalue weighted by atomic mass is 10.1. The molecule has 0 heterocycles. The summed E-state index contributed by atoms with van der Waals surface area (Å²) < 4.78 is 0. The highest BCUT2D eigenvalue weighted by Gasteiger charge is 1.98. The highest BCUT2D eigenvalue weighted by molar-refractivity contribution is 5.66. The van der Waals surface area contributed by atoms with Crippen LogP contribution in [0.25, 0.3) is 0 Å². The van der Waals surface area contributed by atoms with Crippen molar-refractivity contribution in [2.75, 3.05) is 0 Å². The summed E-state index contributed by atoms with van der Waals surface area (Å²) in [7, 11) is 0. The summed E-state index contributed by atoms with van der Waals surface area (Å²) in [5.41, 5.74) is 0. The molecule has 0 atom stereocenters. The Morgan fingerprint density at radius 1 is 0.700 bits per heavy atom. The predicted molar refractivity (Wildman–Crippen MR) is 85.1 cm³/mol. The van der Waals surface area contributed by atoms with Gasteiger partial charge in [0.2, 0.25) is 0 Å². The van der Waals surface area contributed by atoms with E-state index in [1.165, 1.54) is 64.2 Å². The number of hydrogen-bond donors (Lipinski definition) is 0. The van der Waals surface area contributed by atoms with Gasteiger partial charge in [0, 0.05) is 0 Å². The third-order valence-corrected chi connectivity index (χ3v) is 3.64. The Hall–Kier alpha value is -0.790. The zero-order valence-electron chi connectivity index (χ0n) is 13.4. The number of hydrogen-bond acceptors (Lipinski definition) is 1. The van der Waals surface area contributed by atoms with E-state index in [4.69, 9.17) is 0 Å². The molecular weight excluding hydrogens is 248 g/mol. The fraction of sp³-hybridized carbons (Fsp3) is 0.833. The molecule has 0 bridgehead atoms. The van der Waals surface area contributed by atoms with E-state index in [0.717, 1.165) is 19.3 Å². The second kappa shape index (κ2) is 16.3. The quantitative estimate of drug-likeness (QED) is 0.268. The third kappa shape index (κ3) is 17.2. The van der Waals surface area contributed by atoms with Crippen molar-refractivity contribution in [3.63, 3.8) is 0 Å². The smallest absolute Gasteiger partial charge is 0.247 e. The molecule has 20 heavy (non-hydrogen) atoms. The first-order valence-electron chi connectivity index (χ1n) is 8.62. The van der Waals surface area contributed by atoms with Crippen LogP contribution in [0.3, 0.4) is 0 Å². The van der Waals surface area contributed by atoms with Crippen LogP contribution in [0.1, 0.15) is 96.8 Å². The summed E-state index contributed by atoms with van der Waals surface area (Å²) in [6.45, 7) is 2.26. The number of allylic oxidation sites excluding steroid dienone is 2. The van der Waals surface area contributed by atoms with E-state index in [1.807, 2.05) is 0 Å². The molecule has 0 N–H and O–H groups in total. The van der Waals surface area contributed by atoms with Crippen molar-refractivity contribution in [3.8, 4) is 0 Å². The van der Waals surface area contributed by atoms with Crippen LogP contribution in [0.15, 0.2) is 12.2 Å². The molecule has 0 aliphatic heterocycles. The van der Waals surface area contributed by atoms with Gasteiger partial charge < -0.3 is 0 Å². The van der Waals surface area contributed by atoms with Crippen molar-refractivity contribution in [3.05, 3.63) is 12.2 Å². The van der Waals surface area contributed by atoms with Crippen molar-refractivity contribution in [2.24, 2.45) is 0 Å². The summed E-state index contributed by atoms with van der Waals surface area (Å²) in [6.07, 6.45) is 20.9. The number of rotatable bonds is 15. The minimum atomic E-state index is -0.914. The van der Waals surface area contributed by atoms with Crippen LogP contribution in [-0.4, -0.2) is 5.97 Å². The first-order valence-corrected chi connectivity index (χ1v) is 8.62. The van der Waals surface area contributed by atoms with E-state index in [-0.39, 0.29) is 6.42 Å². The van der Waals surface area contributed by atoms with Crippen LogP contribution < -0.4 is 0 Å². The number of carbonyl (C=O) groups is 1. The Bertz CT molecular complexity index is 234. The van der Waals surface area contributed by atoms with E-state index in [9.17, 15) is 9.90 Å². The molecule has 0 saturated heterocycles. The molecule has 2 heteroatoms. The maximum Gasteiger partial charge on any atom is 0.355 e. The van der Waals surface area contributed by atoms with Gasteiger partial charge in [-0.1, -0.05) is 70.4 Å². The summed E-state index contributed by atoms with van der Waals surface area (Å²) in [4.78, 5) is 10.2. The van der Waals surface area contributed by atoms with Gasteiger partial charge in [-0.2, -0.15) is 0 Å². The monoisotopic (exact) mass is 281 g/mol. The summed E-state index contributed by atoms with van der Waals surface area (Å²) in [5.74, 6) is -0.914. The molecule has 1 radical (unpaired) electrons. The van der Waals surface area contributed by atoms with Crippen molar-refractivity contribution in [2.45, 2.75) is 96.8 Å². The van der Waals surface area contributed by atoms with Gasteiger partial charge in [-0.05, 0) is 32.1 Å². The lowest BCUT2D eigenvalue weighted by Gasteiger charge is -1.99. The van der Waals surface area contributed by atoms with Crippen LogP contribution in [0, 0.1) is 0 Å². The maximum absolute atomic E-state index is 10.2. The highest BCUT2D eigenvalue weighted by atomic mass is 16.4. The Labute approximate surface area is 125 Å². The predicted octanol–water partition coefficient (Wildman–Crippen LogP) is 5.98. The molecule has 0 aromatic carbocycles. The molecule has 0 saturated carbocycles. The maximum atomic E-state index is 10.2. The molecule has 0 aliphatic rings. The minimum Gasteiger partial charge on any atom is -0.247 e. The van der Waals surface area contributed by atoms with Crippen LogP contribution >= 0.6 is 0 Å².